The van der Waals surface area contributed by atoms with Gasteiger partial charge in [-0.15, -0.1) is 15.3 Å². The van der Waals surface area contributed by atoms with E-state index in [1.807, 2.05) is 0 Å². The highest BCUT2D eigenvalue weighted by Crippen LogP contribution is 2.31. The van der Waals surface area contributed by atoms with Gasteiger partial charge in [0.1, 0.15) is 18.2 Å². The number of aromatic nitrogens is 4. The molecule has 1 amide bonds. The first-order valence-corrected chi connectivity index (χ1v) is 9.97. The Morgan fingerprint density at radius 2 is 1.82 bits per heavy atom. The summed E-state index contributed by atoms with van der Waals surface area (Å²) in [5.41, 5.74) is 0.0637. The fourth-order valence-electron chi connectivity index (χ4n) is 2.96. The maximum atomic E-state index is 13.5. The molecule has 176 valence electrons. The van der Waals surface area contributed by atoms with Crippen LogP contribution in [0.25, 0.3) is 17.0 Å². The first-order valence-electron chi connectivity index (χ1n) is 9.97. The van der Waals surface area contributed by atoms with Crippen molar-refractivity contribution in [2.45, 2.75) is 6.18 Å². The molecule has 0 spiro atoms. The topological polar surface area (TPSA) is 90.6 Å². The largest absolute Gasteiger partial charge is 0.484 e. The van der Waals surface area contributed by atoms with Crippen LogP contribution in [-0.2, 0) is 11.0 Å². The zero-order valence-corrected chi connectivity index (χ0v) is 17.4. The summed E-state index contributed by atoms with van der Waals surface area (Å²) >= 11 is 0. The molecule has 0 aliphatic carbocycles. The van der Waals surface area contributed by atoms with E-state index in [0.717, 1.165) is 12.1 Å². The minimum Gasteiger partial charge on any atom is -0.484 e. The van der Waals surface area contributed by atoms with Crippen molar-refractivity contribution < 1.29 is 31.8 Å². The summed E-state index contributed by atoms with van der Waals surface area (Å²) in [6, 6.07) is 13.3. The van der Waals surface area contributed by atoms with Gasteiger partial charge in [0.05, 0.1) is 12.1 Å². The molecule has 0 unspecified atom stereocenters. The van der Waals surface area contributed by atoms with Crippen molar-refractivity contribution in [1.29, 1.82) is 0 Å². The molecule has 34 heavy (non-hydrogen) atoms. The summed E-state index contributed by atoms with van der Waals surface area (Å²) in [4.78, 5) is 11.9. The lowest BCUT2D eigenvalue weighted by Gasteiger charge is -2.11. The van der Waals surface area contributed by atoms with E-state index in [4.69, 9.17) is 9.47 Å². The third kappa shape index (κ3) is 5.57. The van der Waals surface area contributed by atoms with E-state index in [1.165, 1.54) is 28.8 Å². The van der Waals surface area contributed by atoms with Gasteiger partial charge < -0.3 is 14.8 Å². The molecule has 4 aromatic rings. The van der Waals surface area contributed by atoms with Crippen molar-refractivity contribution in [3.63, 3.8) is 0 Å². The third-order valence-corrected chi connectivity index (χ3v) is 4.53. The molecule has 0 saturated heterocycles. The Balaban J connectivity index is 1.28. The lowest BCUT2D eigenvalue weighted by molar-refractivity contribution is -0.137. The van der Waals surface area contributed by atoms with Crippen LogP contribution in [0.4, 0.5) is 17.6 Å². The maximum Gasteiger partial charge on any atom is 0.416 e. The Labute approximate surface area is 190 Å². The molecule has 2 aromatic heterocycles. The number of nitrogens with zero attached hydrogens (tertiary/aromatic N) is 4. The zero-order chi connectivity index (χ0) is 24.1. The minimum absolute atomic E-state index is 0.0607. The van der Waals surface area contributed by atoms with Crippen LogP contribution >= 0.6 is 0 Å². The summed E-state index contributed by atoms with van der Waals surface area (Å²) < 4.78 is 63.8. The van der Waals surface area contributed by atoms with Crippen LogP contribution in [0.1, 0.15) is 5.56 Å². The van der Waals surface area contributed by atoms with E-state index in [2.05, 4.69) is 20.6 Å². The number of fused-ring (bicyclic) bond motifs is 1. The molecule has 2 aromatic carbocycles. The predicted molar refractivity (Wildman–Crippen MR) is 112 cm³/mol. The number of ether oxygens (including phenoxy) is 2. The number of carbonyl (C=O) groups is 1. The van der Waals surface area contributed by atoms with Gasteiger partial charge >= 0.3 is 6.18 Å². The first-order chi connectivity index (χ1) is 16.3. The molecule has 0 aliphatic rings. The van der Waals surface area contributed by atoms with Gasteiger partial charge in [-0.2, -0.15) is 17.7 Å². The van der Waals surface area contributed by atoms with Gasteiger partial charge in [-0.3, -0.25) is 4.79 Å². The molecule has 0 radical (unpaired) electrons. The van der Waals surface area contributed by atoms with Crippen molar-refractivity contribution in [3.8, 4) is 23.0 Å². The standard InChI is InChI=1S/C22H17F4N5O3/c23-16-5-1-3-14(11-16)21-29-28-18-7-8-20(30-31(18)21)33-10-9-27-19(32)13-34-17-6-2-4-15(12-17)22(24,25)26/h1-8,11-12H,9-10,13H2,(H,27,32). The Kier molecular flexibility index (Phi) is 6.57. The van der Waals surface area contributed by atoms with E-state index in [-0.39, 0.29) is 24.8 Å². The van der Waals surface area contributed by atoms with E-state index in [1.54, 1.807) is 24.3 Å². The number of benzene rings is 2. The highest BCUT2D eigenvalue weighted by atomic mass is 19.4. The fraction of sp³-hybridized carbons (Fsp3) is 0.182. The molecule has 8 nitrogen and oxygen atoms in total. The SMILES string of the molecule is O=C(COc1cccc(C(F)(F)F)c1)NCCOc1ccc2nnc(-c3cccc(F)c3)n2n1. The van der Waals surface area contributed by atoms with Gasteiger partial charge in [0, 0.05) is 11.6 Å². The molecule has 0 bridgehead atoms. The monoisotopic (exact) mass is 475 g/mol. The minimum atomic E-state index is -4.50. The van der Waals surface area contributed by atoms with Gasteiger partial charge in [0.25, 0.3) is 5.91 Å². The molecule has 0 saturated carbocycles. The van der Waals surface area contributed by atoms with Gasteiger partial charge in [-0.05, 0) is 36.4 Å². The number of carbonyl (C=O) groups excluding carboxylic acids is 1. The average molecular weight is 475 g/mol. The number of alkyl halides is 3. The summed E-state index contributed by atoms with van der Waals surface area (Å²) in [6.45, 7) is -0.294. The van der Waals surface area contributed by atoms with Crippen molar-refractivity contribution in [1.82, 2.24) is 25.1 Å². The van der Waals surface area contributed by atoms with Gasteiger partial charge in [-0.25, -0.2) is 4.39 Å². The predicted octanol–water partition coefficient (Wildman–Crippen LogP) is 3.52. The summed E-state index contributed by atoms with van der Waals surface area (Å²) in [5, 5.41) is 14.8. The molecule has 4 rings (SSSR count). The zero-order valence-electron chi connectivity index (χ0n) is 17.4. The Hall–Kier alpha value is -4.22. The Bertz CT molecular complexity index is 1310. The molecule has 0 fully saturated rings. The van der Waals surface area contributed by atoms with E-state index < -0.39 is 30.1 Å². The Morgan fingerprint density at radius 1 is 1.00 bits per heavy atom. The number of rotatable bonds is 8. The fourth-order valence-corrected chi connectivity index (χ4v) is 2.96. The molecule has 12 heteroatoms. The summed E-state index contributed by atoms with van der Waals surface area (Å²) in [7, 11) is 0. The van der Waals surface area contributed by atoms with Gasteiger partial charge in [0.15, 0.2) is 18.1 Å². The lowest BCUT2D eigenvalue weighted by Crippen LogP contribution is -2.32. The highest BCUT2D eigenvalue weighted by molar-refractivity contribution is 5.77. The molecule has 0 aliphatic heterocycles. The molecular formula is C22H17F4N5O3. The van der Waals surface area contributed by atoms with Crippen LogP contribution < -0.4 is 14.8 Å². The second-order valence-electron chi connectivity index (χ2n) is 6.99. The summed E-state index contributed by atoms with van der Waals surface area (Å²) in [6.07, 6.45) is -4.50. The second kappa shape index (κ2) is 9.73. The summed E-state index contributed by atoms with van der Waals surface area (Å²) in [5.74, 6) is -0.466. The van der Waals surface area contributed by atoms with E-state index >= 15 is 0 Å². The molecule has 0 atom stereocenters. The van der Waals surface area contributed by atoms with Crippen LogP contribution in [0.2, 0.25) is 0 Å². The van der Waals surface area contributed by atoms with Crippen LogP contribution in [0.5, 0.6) is 11.6 Å². The number of halogens is 4. The first kappa shape index (κ1) is 23.0. The van der Waals surface area contributed by atoms with Crippen molar-refractivity contribution in [2.24, 2.45) is 0 Å². The lowest BCUT2D eigenvalue weighted by atomic mass is 10.2. The third-order valence-electron chi connectivity index (χ3n) is 4.53. The van der Waals surface area contributed by atoms with Crippen LogP contribution in [0.3, 0.4) is 0 Å². The smallest absolute Gasteiger partial charge is 0.416 e. The van der Waals surface area contributed by atoms with Gasteiger partial charge in [-0.1, -0.05) is 18.2 Å². The van der Waals surface area contributed by atoms with Crippen LogP contribution in [0.15, 0.2) is 60.7 Å². The maximum absolute atomic E-state index is 13.5. The Morgan fingerprint density at radius 3 is 2.62 bits per heavy atom. The van der Waals surface area contributed by atoms with Crippen molar-refractivity contribution in [2.75, 3.05) is 19.8 Å². The highest BCUT2D eigenvalue weighted by Gasteiger charge is 2.30. The number of amides is 1. The number of hydrogen-bond donors (Lipinski definition) is 1. The van der Waals surface area contributed by atoms with E-state index in [9.17, 15) is 22.4 Å². The van der Waals surface area contributed by atoms with Crippen LogP contribution in [-0.4, -0.2) is 45.5 Å². The second-order valence-corrected chi connectivity index (χ2v) is 6.99. The van der Waals surface area contributed by atoms with Crippen molar-refractivity contribution >= 4 is 11.6 Å². The molecular weight excluding hydrogens is 458 g/mol. The van der Waals surface area contributed by atoms with Crippen molar-refractivity contribution in [3.05, 3.63) is 72.0 Å². The van der Waals surface area contributed by atoms with Crippen LogP contribution in [0, 0.1) is 5.82 Å². The number of hydrogen-bond acceptors (Lipinski definition) is 6. The quantitative estimate of drug-likeness (QED) is 0.310. The molecule has 1 N–H and O–H groups in total. The normalized spacial score (nSPS) is 11.4. The molecule has 2 heterocycles. The van der Waals surface area contributed by atoms with Gasteiger partial charge in [0.2, 0.25) is 5.88 Å². The van der Waals surface area contributed by atoms with E-state index in [0.29, 0.717) is 17.0 Å². The average Bonchev–Trinajstić information content (AvgIpc) is 3.23. The number of nitrogens with one attached hydrogen (secondary N) is 1.